The van der Waals surface area contributed by atoms with Crippen LogP contribution >= 0.6 is 0 Å². The minimum Gasteiger partial charge on any atom is -0.343 e. The highest BCUT2D eigenvalue weighted by Crippen LogP contribution is 2.04. The highest BCUT2D eigenvalue weighted by atomic mass is 16.2. The van der Waals surface area contributed by atoms with Crippen LogP contribution in [-0.2, 0) is 9.59 Å². The average Bonchev–Trinajstić information content (AvgIpc) is 2.25. The largest absolute Gasteiger partial charge is 0.343 e. The van der Waals surface area contributed by atoms with E-state index in [0.29, 0.717) is 25.8 Å². The van der Waals surface area contributed by atoms with Crippen LogP contribution in [0.25, 0.3) is 0 Å². The molecule has 0 aromatic heterocycles. The maximum atomic E-state index is 11.7. The summed E-state index contributed by atoms with van der Waals surface area (Å²) in [6, 6.07) is 0. The number of unbranched alkanes of at least 4 members (excludes halogenated alkanes) is 2. The standard InChI is InChI=1S/C12H23N2O2/c1-3-5-9-12(16)14(4-2)10-7-6-8-11(13)15/h13H,3-10H2,1-2H3. The summed E-state index contributed by atoms with van der Waals surface area (Å²) in [5, 5.41) is 0. The number of nitrogens with zero attached hydrogens (tertiary/aromatic N) is 1. The van der Waals surface area contributed by atoms with Gasteiger partial charge in [-0.25, -0.2) is 0 Å². The minimum absolute atomic E-state index is 0.210. The first-order valence-electron chi connectivity index (χ1n) is 6.14. The smallest absolute Gasteiger partial charge is 0.238 e. The fourth-order valence-electron chi connectivity index (χ4n) is 1.53. The molecule has 0 aromatic rings. The number of rotatable bonds is 9. The zero-order valence-electron chi connectivity index (χ0n) is 10.4. The first-order valence-corrected chi connectivity index (χ1v) is 6.14. The highest BCUT2D eigenvalue weighted by molar-refractivity contribution is 5.76. The summed E-state index contributed by atoms with van der Waals surface area (Å²) in [5.74, 6) is -0.304. The number of hydrogen-bond donors (Lipinski definition) is 0. The first-order chi connectivity index (χ1) is 7.61. The predicted molar refractivity (Wildman–Crippen MR) is 63.7 cm³/mol. The number of nitrogens with one attached hydrogen (secondary N) is 1. The molecule has 4 nitrogen and oxygen atoms in total. The van der Waals surface area contributed by atoms with Gasteiger partial charge in [0.25, 0.3) is 0 Å². The molecule has 0 aliphatic rings. The minimum atomic E-state index is -0.514. The van der Waals surface area contributed by atoms with Crippen molar-refractivity contribution in [2.45, 2.75) is 52.4 Å². The molecular weight excluding hydrogens is 204 g/mol. The molecule has 0 atom stereocenters. The van der Waals surface area contributed by atoms with Gasteiger partial charge in [0.15, 0.2) is 0 Å². The van der Waals surface area contributed by atoms with Crippen LogP contribution in [0.5, 0.6) is 0 Å². The van der Waals surface area contributed by atoms with Crippen molar-refractivity contribution in [2.24, 2.45) is 0 Å². The second-order valence-electron chi connectivity index (χ2n) is 3.96. The van der Waals surface area contributed by atoms with E-state index in [1.807, 2.05) is 11.8 Å². The fourth-order valence-corrected chi connectivity index (χ4v) is 1.53. The van der Waals surface area contributed by atoms with Crippen molar-refractivity contribution in [1.29, 1.82) is 0 Å². The topological polar surface area (TPSA) is 61.2 Å². The maximum Gasteiger partial charge on any atom is 0.238 e. The summed E-state index contributed by atoms with van der Waals surface area (Å²) in [5.41, 5.74) is 6.76. The lowest BCUT2D eigenvalue weighted by Gasteiger charge is -2.20. The Bertz CT molecular complexity index is 217. The number of hydrogen-bond acceptors (Lipinski definition) is 2. The molecule has 0 unspecified atom stereocenters. The molecule has 0 aromatic carbocycles. The molecule has 0 bridgehead atoms. The van der Waals surface area contributed by atoms with Crippen LogP contribution in [0.3, 0.4) is 0 Å². The summed E-state index contributed by atoms with van der Waals surface area (Å²) in [4.78, 5) is 23.9. The highest BCUT2D eigenvalue weighted by Gasteiger charge is 2.10. The molecule has 0 saturated heterocycles. The van der Waals surface area contributed by atoms with Crippen molar-refractivity contribution in [2.75, 3.05) is 13.1 Å². The maximum absolute atomic E-state index is 11.7. The van der Waals surface area contributed by atoms with Gasteiger partial charge in [0.1, 0.15) is 0 Å². The lowest BCUT2D eigenvalue weighted by atomic mass is 10.2. The molecular formula is C12H23N2O2. The molecule has 0 rings (SSSR count). The van der Waals surface area contributed by atoms with Crippen molar-refractivity contribution >= 4 is 11.8 Å². The van der Waals surface area contributed by atoms with Crippen molar-refractivity contribution in [3.63, 3.8) is 0 Å². The van der Waals surface area contributed by atoms with E-state index >= 15 is 0 Å². The van der Waals surface area contributed by atoms with Crippen molar-refractivity contribution in [3.8, 4) is 0 Å². The van der Waals surface area contributed by atoms with Gasteiger partial charge in [-0.05, 0) is 26.2 Å². The second kappa shape index (κ2) is 9.19. The molecule has 2 amide bonds. The third-order valence-corrected chi connectivity index (χ3v) is 2.56. The first kappa shape index (κ1) is 14.9. The monoisotopic (exact) mass is 227 g/mol. The van der Waals surface area contributed by atoms with Gasteiger partial charge >= 0.3 is 0 Å². The second-order valence-corrected chi connectivity index (χ2v) is 3.96. The summed E-state index contributed by atoms with van der Waals surface area (Å²) in [6.07, 6.45) is 4.44. The van der Waals surface area contributed by atoms with Gasteiger partial charge in [0, 0.05) is 25.9 Å². The molecule has 1 N–H and O–H groups in total. The Morgan fingerprint density at radius 1 is 1.06 bits per heavy atom. The van der Waals surface area contributed by atoms with E-state index in [-0.39, 0.29) is 5.91 Å². The van der Waals surface area contributed by atoms with Crippen molar-refractivity contribution < 1.29 is 9.59 Å². The Balaban J connectivity index is 3.73. The van der Waals surface area contributed by atoms with E-state index in [0.717, 1.165) is 25.8 Å². The van der Waals surface area contributed by atoms with E-state index < -0.39 is 5.91 Å². The molecule has 0 spiro atoms. The van der Waals surface area contributed by atoms with Gasteiger partial charge < -0.3 is 4.90 Å². The van der Waals surface area contributed by atoms with Crippen molar-refractivity contribution in [1.82, 2.24) is 10.6 Å². The van der Waals surface area contributed by atoms with Crippen LogP contribution in [0.15, 0.2) is 0 Å². The average molecular weight is 227 g/mol. The number of carbonyl (C=O) groups excluding carboxylic acids is 2. The molecule has 0 fully saturated rings. The van der Waals surface area contributed by atoms with Gasteiger partial charge in [-0.3, -0.25) is 15.3 Å². The zero-order chi connectivity index (χ0) is 12.4. The Morgan fingerprint density at radius 3 is 2.25 bits per heavy atom. The van der Waals surface area contributed by atoms with E-state index in [9.17, 15) is 9.59 Å². The van der Waals surface area contributed by atoms with Gasteiger partial charge in [-0.2, -0.15) is 0 Å². The lowest BCUT2D eigenvalue weighted by molar-refractivity contribution is -0.131. The summed E-state index contributed by atoms with van der Waals surface area (Å²) >= 11 is 0. The molecule has 16 heavy (non-hydrogen) atoms. The summed E-state index contributed by atoms with van der Waals surface area (Å²) in [6.45, 7) is 5.49. The molecule has 0 heterocycles. The van der Waals surface area contributed by atoms with Crippen LogP contribution < -0.4 is 5.73 Å². The van der Waals surface area contributed by atoms with Gasteiger partial charge in [-0.1, -0.05) is 13.3 Å². The van der Waals surface area contributed by atoms with E-state index in [1.165, 1.54) is 0 Å². The third kappa shape index (κ3) is 7.26. The summed E-state index contributed by atoms with van der Waals surface area (Å²) < 4.78 is 0. The van der Waals surface area contributed by atoms with Gasteiger partial charge in [0.2, 0.25) is 11.8 Å². The fraction of sp³-hybridized carbons (Fsp3) is 0.833. The molecule has 0 saturated carbocycles. The van der Waals surface area contributed by atoms with Gasteiger partial charge in [0.05, 0.1) is 0 Å². The number of amides is 2. The van der Waals surface area contributed by atoms with Gasteiger partial charge in [-0.15, -0.1) is 0 Å². The van der Waals surface area contributed by atoms with Crippen LogP contribution in [-0.4, -0.2) is 29.8 Å². The van der Waals surface area contributed by atoms with Crippen LogP contribution in [0.2, 0.25) is 0 Å². The molecule has 4 heteroatoms. The third-order valence-electron chi connectivity index (χ3n) is 2.56. The molecule has 1 radical (unpaired) electrons. The van der Waals surface area contributed by atoms with Crippen LogP contribution in [0.4, 0.5) is 0 Å². The molecule has 0 aliphatic heterocycles. The van der Waals surface area contributed by atoms with Crippen molar-refractivity contribution in [3.05, 3.63) is 0 Å². The summed E-state index contributed by atoms with van der Waals surface area (Å²) in [7, 11) is 0. The SMILES string of the molecule is CCCCC(=O)N(CC)CCCCC([NH])=O. The van der Waals surface area contributed by atoms with E-state index in [2.05, 4.69) is 6.92 Å². The zero-order valence-corrected chi connectivity index (χ0v) is 10.4. The van der Waals surface area contributed by atoms with E-state index in [4.69, 9.17) is 5.73 Å². The lowest BCUT2D eigenvalue weighted by Crippen LogP contribution is -2.31. The predicted octanol–water partition coefficient (Wildman–Crippen LogP) is 2.00. The van der Waals surface area contributed by atoms with E-state index in [1.54, 1.807) is 0 Å². The normalized spacial score (nSPS) is 10.1. The molecule has 93 valence electrons. The Morgan fingerprint density at radius 2 is 1.75 bits per heavy atom. The van der Waals surface area contributed by atoms with Crippen LogP contribution in [0, 0.1) is 0 Å². The Labute approximate surface area is 98.2 Å². The molecule has 0 aliphatic carbocycles. The quantitative estimate of drug-likeness (QED) is 0.566. The van der Waals surface area contributed by atoms with Crippen LogP contribution in [0.1, 0.15) is 52.4 Å². The Hall–Kier alpha value is -1.06. The Kier molecular flexibility index (Phi) is 8.58. The number of carbonyl (C=O) groups is 2.